The third-order valence-corrected chi connectivity index (χ3v) is 6.74. The van der Waals surface area contributed by atoms with Crippen molar-refractivity contribution < 1.29 is 19.0 Å². The molecular formula is C24H30N4O4. The van der Waals surface area contributed by atoms with Crippen LogP contribution >= 0.6 is 0 Å². The maximum Gasteiger partial charge on any atom is 0.318 e. The molecule has 8 heteroatoms. The van der Waals surface area contributed by atoms with Crippen LogP contribution in [0, 0.1) is 5.41 Å². The first kappa shape index (κ1) is 21.3. The maximum absolute atomic E-state index is 12.6. The van der Waals surface area contributed by atoms with Crippen molar-refractivity contribution in [2.75, 3.05) is 51.5 Å². The number of fused-ring (bicyclic) bond motifs is 1. The first-order valence-corrected chi connectivity index (χ1v) is 11.3. The molecule has 3 aliphatic heterocycles. The Hall–Kier alpha value is -2.55. The molecule has 0 bridgehead atoms. The van der Waals surface area contributed by atoms with Gasteiger partial charge in [-0.25, -0.2) is 4.98 Å². The van der Waals surface area contributed by atoms with Gasteiger partial charge in [0.1, 0.15) is 12.4 Å². The van der Waals surface area contributed by atoms with Crippen LogP contribution in [0.5, 0.6) is 6.01 Å². The van der Waals surface area contributed by atoms with E-state index in [1.807, 2.05) is 0 Å². The van der Waals surface area contributed by atoms with E-state index in [9.17, 15) is 4.79 Å². The van der Waals surface area contributed by atoms with Crippen LogP contribution in [-0.2, 0) is 33.8 Å². The lowest BCUT2D eigenvalue weighted by Gasteiger charge is -2.47. The molecular weight excluding hydrogens is 408 g/mol. The predicted octanol–water partition coefficient (Wildman–Crippen LogP) is 2.20. The number of rotatable bonds is 8. The number of methoxy groups -OCH3 is 1. The predicted molar refractivity (Wildman–Crippen MR) is 119 cm³/mol. The summed E-state index contributed by atoms with van der Waals surface area (Å²) in [6.07, 6.45) is 4.48. The van der Waals surface area contributed by atoms with Crippen LogP contribution in [-0.4, -0.2) is 67.4 Å². The van der Waals surface area contributed by atoms with Gasteiger partial charge in [-0.15, -0.1) is 0 Å². The monoisotopic (exact) mass is 438 g/mol. The zero-order valence-electron chi connectivity index (χ0n) is 18.6. The van der Waals surface area contributed by atoms with Crippen LogP contribution < -0.4 is 9.64 Å². The summed E-state index contributed by atoms with van der Waals surface area (Å²) in [4.78, 5) is 25.5. The molecule has 170 valence electrons. The Morgan fingerprint density at radius 2 is 1.78 bits per heavy atom. The van der Waals surface area contributed by atoms with Crippen molar-refractivity contribution >= 4 is 11.7 Å². The van der Waals surface area contributed by atoms with Gasteiger partial charge in [-0.2, -0.15) is 4.98 Å². The normalized spacial score (nSPS) is 19.8. The summed E-state index contributed by atoms with van der Waals surface area (Å²) in [5.74, 6) is 0.679. The fourth-order valence-electron chi connectivity index (χ4n) is 4.62. The first-order chi connectivity index (χ1) is 15.6. The Kier molecular flexibility index (Phi) is 6.08. The molecule has 3 aliphatic rings. The Morgan fingerprint density at radius 1 is 1.06 bits per heavy atom. The average Bonchev–Trinajstić information content (AvgIpc) is 3.09. The van der Waals surface area contributed by atoms with Gasteiger partial charge in [0.15, 0.2) is 0 Å². The second-order valence-corrected chi connectivity index (χ2v) is 9.08. The summed E-state index contributed by atoms with van der Waals surface area (Å²) in [5, 5.41) is 0. The SMILES string of the molecule is COCCOc1ncc2c(n1)N(Cc1ccc(CN3CCC4(CC3)COC4)cc1)C(=O)C2. The van der Waals surface area contributed by atoms with Gasteiger partial charge >= 0.3 is 6.01 Å². The number of amides is 1. The van der Waals surface area contributed by atoms with E-state index in [2.05, 4.69) is 39.1 Å². The molecule has 0 saturated carbocycles. The van der Waals surface area contributed by atoms with Crippen LogP contribution in [0.4, 0.5) is 5.82 Å². The fraction of sp³-hybridized carbons (Fsp3) is 0.542. The number of hydrogen-bond acceptors (Lipinski definition) is 7. The molecule has 32 heavy (non-hydrogen) atoms. The second kappa shape index (κ2) is 9.13. The molecule has 8 nitrogen and oxygen atoms in total. The number of carbonyl (C=O) groups is 1. The summed E-state index contributed by atoms with van der Waals surface area (Å²) in [6.45, 7) is 6.46. The standard InChI is InChI=1S/C24H30N4O4/c1-30-10-11-32-23-25-13-20-12-21(29)28(22(20)26-23)15-19-4-2-18(3-5-19)14-27-8-6-24(7-9-27)16-31-17-24/h2-5,13H,6-12,14-17H2,1H3. The molecule has 0 unspecified atom stereocenters. The zero-order chi connectivity index (χ0) is 22.0. The van der Waals surface area contributed by atoms with E-state index in [4.69, 9.17) is 14.2 Å². The summed E-state index contributed by atoms with van der Waals surface area (Å²) >= 11 is 0. The Labute approximate surface area is 188 Å². The average molecular weight is 439 g/mol. The highest BCUT2D eigenvalue weighted by Crippen LogP contribution is 2.38. The van der Waals surface area contributed by atoms with Crippen LogP contribution in [0.2, 0.25) is 0 Å². The lowest BCUT2D eigenvalue weighted by atomic mass is 9.77. The molecule has 0 radical (unpaired) electrons. The third kappa shape index (κ3) is 4.48. The van der Waals surface area contributed by atoms with E-state index in [0.29, 0.717) is 37.4 Å². The Bertz CT molecular complexity index is 951. The van der Waals surface area contributed by atoms with E-state index in [0.717, 1.165) is 44.0 Å². The van der Waals surface area contributed by atoms with Gasteiger partial charge in [0.2, 0.25) is 5.91 Å². The maximum atomic E-state index is 12.6. The van der Waals surface area contributed by atoms with Crippen molar-refractivity contribution in [3.63, 3.8) is 0 Å². The minimum Gasteiger partial charge on any atom is -0.461 e. The number of piperidine rings is 1. The summed E-state index contributed by atoms with van der Waals surface area (Å²) in [7, 11) is 1.62. The van der Waals surface area contributed by atoms with E-state index in [1.54, 1.807) is 18.2 Å². The largest absolute Gasteiger partial charge is 0.461 e. The van der Waals surface area contributed by atoms with Crippen LogP contribution in [0.25, 0.3) is 0 Å². The quantitative estimate of drug-likeness (QED) is 0.585. The van der Waals surface area contributed by atoms with Crippen molar-refractivity contribution in [1.29, 1.82) is 0 Å². The Balaban J connectivity index is 1.19. The number of benzene rings is 1. The van der Waals surface area contributed by atoms with E-state index < -0.39 is 0 Å². The van der Waals surface area contributed by atoms with Gasteiger partial charge < -0.3 is 14.2 Å². The highest BCUT2D eigenvalue weighted by molar-refractivity contribution is 6.00. The van der Waals surface area contributed by atoms with Crippen molar-refractivity contribution in [3.05, 3.63) is 47.2 Å². The molecule has 1 aromatic carbocycles. The van der Waals surface area contributed by atoms with E-state index in [-0.39, 0.29) is 11.9 Å². The van der Waals surface area contributed by atoms with Gasteiger partial charge in [-0.3, -0.25) is 14.6 Å². The number of hydrogen-bond donors (Lipinski definition) is 0. The van der Waals surface area contributed by atoms with Crippen LogP contribution in [0.3, 0.4) is 0 Å². The smallest absolute Gasteiger partial charge is 0.318 e. The zero-order valence-corrected chi connectivity index (χ0v) is 18.6. The number of likely N-dealkylation sites (tertiary alicyclic amines) is 1. The van der Waals surface area contributed by atoms with Gasteiger partial charge in [-0.1, -0.05) is 24.3 Å². The van der Waals surface area contributed by atoms with Crippen molar-refractivity contribution in [2.45, 2.75) is 32.4 Å². The van der Waals surface area contributed by atoms with Gasteiger partial charge in [-0.05, 0) is 37.1 Å². The third-order valence-electron chi connectivity index (χ3n) is 6.74. The first-order valence-electron chi connectivity index (χ1n) is 11.3. The summed E-state index contributed by atoms with van der Waals surface area (Å²) in [6, 6.07) is 8.85. The minimum atomic E-state index is 0.0367. The van der Waals surface area contributed by atoms with E-state index in [1.165, 1.54) is 18.4 Å². The lowest BCUT2D eigenvalue weighted by molar-refractivity contribution is -0.140. The van der Waals surface area contributed by atoms with Gasteiger partial charge in [0, 0.05) is 30.8 Å². The number of anilines is 1. The molecule has 0 atom stereocenters. The number of ether oxygens (including phenoxy) is 3. The lowest BCUT2D eigenvalue weighted by Crippen LogP contribution is -2.50. The molecule has 1 amide bonds. The molecule has 0 N–H and O–H groups in total. The summed E-state index contributed by atoms with van der Waals surface area (Å²) < 4.78 is 15.9. The molecule has 0 aliphatic carbocycles. The molecule has 2 fully saturated rings. The molecule has 2 aromatic rings. The number of nitrogens with zero attached hydrogens (tertiary/aromatic N) is 4. The van der Waals surface area contributed by atoms with Gasteiger partial charge in [0.25, 0.3) is 0 Å². The topological polar surface area (TPSA) is 77.0 Å². The van der Waals surface area contributed by atoms with E-state index >= 15 is 0 Å². The number of aromatic nitrogens is 2. The molecule has 4 heterocycles. The molecule has 2 saturated heterocycles. The van der Waals surface area contributed by atoms with Crippen LogP contribution in [0.1, 0.15) is 29.5 Å². The molecule has 1 aromatic heterocycles. The highest BCUT2D eigenvalue weighted by atomic mass is 16.5. The van der Waals surface area contributed by atoms with Gasteiger partial charge in [0.05, 0.1) is 32.8 Å². The number of carbonyl (C=O) groups excluding carboxylic acids is 1. The van der Waals surface area contributed by atoms with Crippen molar-refractivity contribution in [2.24, 2.45) is 5.41 Å². The Morgan fingerprint density at radius 3 is 2.44 bits per heavy atom. The highest BCUT2D eigenvalue weighted by Gasteiger charge is 2.41. The second-order valence-electron chi connectivity index (χ2n) is 9.08. The van der Waals surface area contributed by atoms with Crippen molar-refractivity contribution in [3.8, 4) is 6.01 Å². The summed E-state index contributed by atoms with van der Waals surface area (Å²) in [5.41, 5.74) is 3.70. The fourth-order valence-corrected chi connectivity index (χ4v) is 4.62. The molecule has 5 rings (SSSR count). The van der Waals surface area contributed by atoms with Crippen LogP contribution in [0.15, 0.2) is 30.5 Å². The van der Waals surface area contributed by atoms with Crippen molar-refractivity contribution in [1.82, 2.24) is 14.9 Å². The minimum absolute atomic E-state index is 0.0367. The molecule has 1 spiro atoms.